The van der Waals surface area contributed by atoms with Crippen LogP contribution in [0.15, 0.2) is 47.1 Å². The molecule has 0 aromatic rings. The zero-order valence-corrected chi connectivity index (χ0v) is 14.3. The first-order valence-electron chi connectivity index (χ1n) is 8.09. The first kappa shape index (κ1) is 17.7. The lowest BCUT2D eigenvalue weighted by Crippen LogP contribution is -2.06. The highest BCUT2D eigenvalue weighted by atomic mass is 16.1. The van der Waals surface area contributed by atoms with E-state index in [-0.39, 0.29) is 5.78 Å². The van der Waals surface area contributed by atoms with E-state index in [4.69, 9.17) is 0 Å². The summed E-state index contributed by atoms with van der Waals surface area (Å²) in [5.41, 5.74) is 3.67. The molecule has 0 heterocycles. The zero-order valence-electron chi connectivity index (χ0n) is 14.3. The molecule has 0 bridgehead atoms. The van der Waals surface area contributed by atoms with Gasteiger partial charge in [-0.2, -0.15) is 0 Å². The summed E-state index contributed by atoms with van der Waals surface area (Å²) in [6, 6.07) is 0. The smallest absolute Gasteiger partial charge is 0.159 e. The number of allylic oxidation sites excluding steroid dienone is 8. The summed E-state index contributed by atoms with van der Waals surface area (Å²) in [5.74, 6) is 1.44. The molecule has 1 aliphatic rings. The van der Waals surface area contributed by atoms with Crippen LogP contribution in [-0.2, 0) is 4.79 Å². The first-order chi connectivity index (χ1) is 9.88. The van der Waals surface area contributed by atoms with Gasteiger partial charge in [-0.15, -0.1) is 0 Å². The monoisotopic (exact) mass is 286 g/mol. The van der Waals surface area contributed by atoms with Crippen molar-refractivity contribution in [3.8, 4) is 0 Å². The molecule has 0 amide bonds. The largest absolute Gasteiger partial charge is 0.295 e. The number of rotatable bonds is 1. The number of hydrogen-bond donors (Lipinski definition) is 0. The Balaban J connectivity index is 2.96. The summed E-state index contributed by atoms with van der Waals surface area (Å²) in [4.78, 5) is 12.0. The minimum Gasteiger partial charge on any atom is -0.295 e. The Bertz CT molecular complexity index is 472. The fourth-order valence-electron chi connectivity index (χ4n) is 2.58. The van der Waals surface area contributed by atoms with Crippen LogP contribution < -0.4 is 0 Å². The fraction of sp³-hybridized carbons (Fsp3) is 0.550. The molecule has 1 aliphatic carbocycles. The maximum Gasteiger partial charge on any atom is 0.159 e. The highest BCUT2D eigenvalue weighted by Crippen LogP contribution is 2.22. The van der Waals surface area contributed by atoms with Crippen LogP contribution in [0.3, 0.4) is 0 Å². The van der Waals surface area contributed by atoms with Crippen molar-refractivity contribution >= 4 is 5.78 Å². The van der Waals surface area contributed by atoms with Gasteiger partial charge in [0.05, 0.1) is 0 Å². The van der Waals surface area contributed by atoms with Gasteiger partial charge >= 0.3 is 0 Å². The van der Waals surface area contributed by atoms with Crippen LogP contribution in [0.5, 0.6) is 0 Å². The number of ketones is 1. The number of carbonyl (C=O) groups is 1. The van der Waals surface area contributed by atoms with Crippen LogP contribution in [0.25, 0.3) is 0 Å². The van der Waals surface area contributed by atoms with E-state index in [0.29, 0.717) is 18.3 Å². The van der Waals surface area contributed by atoms with Crippen LogP contribution in [-0.4, -0.2) is 5.78 Å². The zero-order chi connectivity index (χ0) is 15.8. The van der Waals surface area contributed by atoms with E-state index in [2.05, 4.69) is 52.0 Å². The highest BCUT2D eigenvalue weighted by Gasteiger charge is 2.10. The molecule has 0 spiro atoms. The van der Waals surface area contributed by atoms with Gasteiger partial charge in [0.25, 0.3) is 0 Å². The molecular formula is C20H30O. The van der Waals surface area contributed by atoms with E-state index in [1.165, 1.54) is 11.1 Å². The summed E-state index contributed by atoms with van der Waals surface area (Å²) < 4.78 is 0. The molecule has 1 nitrogen and oxygen atoms in total. The quantitative estimate of drug-likeness (QED) is 0.557. The maximum absolute atomic E-state index is 12.0. The predicted octanol–water partition coefficient (Wildman–Crippen LogP) is 5.80. The van der Waals surface area contributed by atoms with E-state index in [0.717, 1.165) is 24.8 Å². The van der Waals surface area contributed by atoms with Crippen molar-refractivity contribution in [3.63, 3.8) is 0 Å². The van der Waals surface area contributed by atoms with Crippen LogP contribution in [0, 0.1) is 11.8 Å². The molecule has 1 heteroatoms. The molecule has 1 rings (SSSR count). The lowest BCUT2D eigenvalue weighted by atomic mass is 9.88. The average molecular weight is 286 g/mol. The van der Waals surface area contributed by atoms with Gasteiger partial charge in [0.2, 0.25) is 0 Å². The predicted molar refractivity (Wildman–Crippen MR) is 92.2 cm³/mol. The van der Waals surface area contributed by atoms with Crippen molar-refractivity contribution < 1.29 is 4.79 Å². The lowest BCUT2D eigenvalue weighted by molar-refractivity contribution is -0.114. The Hall–Kier alpha value is -1.37. The van der Waals surface area contributed by atoms with E-state index in [1.807, 2.05) is 13.0 Å². The molecule has 0 N–H and O–H groups in total. The number of hydrogen-bond acceptors (Lipinski definition) is 1. The SMILES string of the molecule is CC1=C/C/C=C(\C)CC(=O)/C=C(\C)CCC(C(C)C)\C=C\1. The molecule has 0 fully saturated rings. The number of carbonyl (C=O) groups excluding carboxylic acids is 1. The molecule has 0 aromatic carbocycles. The van der Waals surface area contributed by atoms with Gasteiger partial charge in [0, 0.05) is 6.42 Å². The Morgan fingerprint density at radius 1 is 1.10 bits per heavy atom. The van der Waals surface area contributed by atoms with Gasteiger partial charge in [0.1, 0.15) is 0 Å². The molecule has 0 aliphatic heterocycles. The molecule has 116 valence electrons. The third kappa shape index (κ3) is 7.27. The standard InChI is InChI=1S/C20H30O/c1-15(2)19-11-9-16(3)7-6-8-17(4)13-20(21)14-18(5)10-12-19/h7-9,11,14-15,19H,6,10,12-13H2,1-5H3/b11-9+,16-7-,17-8+,18-14+. The Morgan fingerprint density at radius 2 is 1.81 bits per heavy atom. The van der Waals surface area contributed by atoms with Gasteiger partial charge in [-0.3, -0.25) is 4.79 Å². The summed E-state index contributed by atoms with van der Waals surface area (Å²) >= 11 is 0. The molecule has 0 aromatic heterocycles. The van der Waals surface area contributed by atoms with Crippen molar-refractivity contribution in [2.75, 3.05) is 0 Å². The summed E-state index contributed by atoms with van der Waals surface area (Å²) in [7, 11) is 0. The molecule has 0 radical (unpaired) electrons. The van der Waals surface area contributed by atoms with Crippen LogP contribution in [0.2, 0.25) is 0 Å². The third-order valence-electron chi connectivity index (χ3n) is 4.10. The Kier molecular flexibility index (Phi) is 7.42. The van der Waals surface area contributed by atoms with Crippen molar-refractivity contribution in [1.29, 1.82) is 0 Å². The molecule has 0 saturated heterocycles. The van der Waals surface area contributed by atoms with Gasteiger partial charge in [-0.1, -0.05) is 54.9 Å². The lowest BCUT2D eigenvalue weighted by Gasteiger charge is -2.17. The molecule has 21 heavy (non-hydrogen) atoms. The average Bonchev–Trinajstić information content (AvgIpc) is 2.36. The second-order valence-electron chi connectivity index (χ2n) is 6.67. The van der Waals surface area contributed by atoms with Crippen molar-refractivity contribution in [2.24, 2.45) is 11.8 Å². The normalized spacial score (nSPS) is 31.4. The van der Waals surface area contributed by atoms with Crippen LogP contribution in [0.4, 0.5) is 0 Å². The first-order valence-corrected chi connectivity index (χ1v) is 8.09. The van der Waals surface area contributed by atoms with Gasteiger partial charge in [0.15, 0.2) is 5.78 Å². The Morgan fingerprint density at radius 3 is 2.48 bits per heavy atom. The van der Waals surface area contributed by atoms with Gasteiger partial charge in [-0.25, -0.2) is 0 Å². The minimum absolute atomic E-state index is 0.232. The second-order valence-corrected chi connectivity index (χ2v) is 6.67. The summed E-state index contributed by atoms with van der Waals surface area (Å²) in [6.07, 6.45) is 14.4. The van der Waals surface area contributed by atoms with Gasteiger partial charge in [-0.05, 0) is 57.9 Å². The highest BCUT2D eigenvalue weighted by molar-refractivity contribution is 5.91. The van der Waals surface area contributed by atoms with Crippen LogP contribution >= 0.6 is 0 Å². The molecule has 1 unspecified atom stereocenters. The minimum atomic E-state index is 0.232. The van der Waals surface area contributed by atoms with E-state index in [1.54, 1.807) is 0 Å². The van der Waals surface area contributed by atoms with E-state index < -0.39 is 0 Å². The van der Waals surface area contributed by atoms with E-state index in [9.17, 15) is 4.79 Å². The molecular weight excluding hydrogens is 256 g/mol. The topological polar surface area (TPSA) is 17.1 Å². The molecule has 1 atom stereocenters. The molecule has 0 saturated carbocycles. The van der Waals surface area contributed by atoms with Gasteiger partial charge < -0.3 is 0 Å². The van der Waals surface area contributed by atoms with Crippen LogP contribution in [0.1, 0.15) is 60.3 Å². The van der Waals surface area contributed by atoms with E-state index >= 15 is 0 Å². The van der Waals surface area contributed by atoms with Crippen molar-refractivity contribution in [3.05, 3.63) is 47.1 Å². The van der Waals surface area contributed by atoms with Crippen molar-refractivity contribution in [2.45, 2.75) is 60.3 Å². The second kappa shape index (κ2) is 8.81. The third-order valence-corrected chi connectivity index (χ3v) is 4.10. The summed E-state index contributed by atoms with van der Waals surface area (Å²) in [6.45, 7) is 10.8. The Labute approximate surface area is 130 Å². The van der Waals surface area contributed by atoms with Crippen molar-refractivity contribution in [1.82, 2.24) is 0 Å². The fourth-order valence-corrected chi connectivity index (χ4v) is 2.58. The maximum atomic E-state index is 12.0. The summed E-state index contributed by atoms with van der Waals surface area (Å²) in [5, 5.41) is 0.